The van der Waals surface area contributed by atoms with Gasteiger partial charge in [-0.25, -0.2) is 0 Å². The molecule has 1 aromatic heterocycles. The standard InChI is InChI=1S/C24H18ClN3O2/c25-21-9-5-4-8-19(21)16-29-20-12-10-18(11-13-20)23-28-22(14-26)24(30-23)27-15-17-6-2-1-3-7-17/h1-13,27H,15-16H2. The van der Waals surface area contributed by atoms with Crippen LogP contribution in [0.2, 0.25) is 5.02 Å². The van der Waals surface area contributed by atoms with Gasteiger partial charge in [-0.2, -0.15) is 10.2 Å². The third-order valence-corrected chi connectivity index (χ3v) is 4.85. The first kappa shape index (κ1) is 19.6. The summed E-state index contributed by atoms with van der Waals surface area (Å²) < 4.78 is 11.6. The quantitative estimate of drug-likeness (QED) is 0.397. The summed E-state index contributed by atoms with van der Waals surface area (Å²) in [5.74, 6) is 1.43. The lowest BCUT2D eigenvalue weighted by Crippen LogP contribution is -1.99. The molecule has 1 N–H and O–H groups in total. The number of aromatic nitrogens is 1. The van der Waals surface area contributed by atoms with Gasteiger partial charge in [-0.15, -0.1) is 0 Å². The Morgan fingerprint density at radius 2 is 1.70 bits per heavy atom. The summed E-state index contributed by atoms with van der Waals surface area (Å²) in [6.45, 7) is 0.920. The minimum absolute atomic E-state index is 0.222. The lowest BCUT2D eigenvalue weighted by Gasteiger charge is -2.08. The minimum atomic E-state index is 0.222. The van der Waals surface area contributed by atoms with E-state index in [-0.39, 0.29) is 5.69 Å². The van der Waals surface area contributed by atoms with Crippen LogP contribution in [0.5, 0.6) is 5.75 Å². The van der Waals surface area contributed by atoms with E-state index >= 15 is 0 Å². The molecule has 0 aliphatic rings. The number of hydrogen-bond acceptors (Lipinski definition) is 5. The smallest absolute Gasteiger partial charge is 0.232 e. The topological polar surface area (TPSA) is 71.1 Å². The first-order valence-corrected chi connectivity index (χ1v) is 9.76. The molecule has 4 aromatic rings. The van der Waals surface area contributed by atoms with Gasteiger partial charge in [-0.3, -0.25) is 0 Å². The largest absolute Gasteiger partial charge is 0.489 e. The number of nitrogens with zero attached hydrogens (tertiary/aromatic N) is 2. The van der Waals surface area contributed by atoms with Crippen LogP contribution in [0.15, 0.2) is 83.3 Å². The molecular weight excluding hydrogens is 398 g/mol. The van der Waals surface area contributed by atoms with Crippen molar-refractivity contribution in [1.29, 1.82) is 5.26 Å². The van der Waals surface area contributed by atoms with E-state index in [4.69, 9.17) is 20.8 Å². The number of rotatable bonds is 7. The van der Waals surface area contributed by atoms with Crippen LogP contribution in [0.3, 0.4) is 0 Å². The van der Waals surface area contributed by atoms with E-state index in [9.17, 15) is 5.26 Å². The molecule has 0 atom stereocenters. The highest BCUT2D eigenvalue weighted by atomic mass is 35.5. The normalized spacial score (nSPS) is 10.4. The first-order chi connectivity index (χ1) is 14.7. The van der Waals surface area contributed by atoms with E-state index in [2.05, 4.69) is 16.4 Å². The van der Waals surface area contributed by atoms with Crippen LogP contribution in [0.4, 0.5) is 5.88 Å². The zero-order valence-corrected chi connectivity index (χ0v) is 16.8. The second-order valence-corrected chi connectivity index (χ2v) is 6.96. The predicted molar refractivity (Wildman–Crippen MR) is 116 cm³/mol. The molecule has 0 aliphatic carbocycles. The molecule has 1 heterocycles. The van der Waals surface area contributed by atoms with E-state index in [1.807, 2.05) is 78.9 Å². The average Bonchev–Trinajstić information content (AvgIpc) is 3.21. The maximum absolute atomic E-state index is 9.38. The third kappa shape index (κ3) is 4.62. The number of nitrogens with one attached hydrogen (secondary N) is 1. The van der Waals surface area contributed by atoms with Crippen LogP contribution in [0, 0.1) is 11.3 Å². The Morgan fingerprint density at radius 1 is 0.967 bits per heavy atom. The van der Waals surface area contributed by atoms with Gasteiger partial charge in [0, 0.05) is 22.7 Å². The molecule has 0 bridgehead atoms. The second-order valence-electron chi connectivity index (χ2n) is 6.55. The molecule has 5 nitrogen and oxygen atoms in total. The van der Waals surface area contributed by atoms with Gasteiger partial charge >= 0.3 is 0 Å². The molecule has 3 aromatic carbocycles. The highest BCUT2D eigenvalue weighted by Gasteiger charge is 2.14. The molecular formula is C24H18ClN3O2. The van der Waals surface area contributed by atoms with Crippen molar-refractivity contribution in [3.8, 4) is 23.3 Å². The van der Waals surface area contributed by atoms with Crippen molar-refractivity contribution in [3.63, 3.8) is 0 Å². The maximum Gasteiger partial charge on any atom is 0.232 e. The van der Waals surface area contributed by atoms with Crippen molar-refractivity contribution >= 4 is 17.5 Å². The van der Waals surface area contributed by atoms with Gasteiger partial charge in [-0.05, 0) is 35.9 Å². The first-order valence-electron chi connectivity index (χ1n) is 9.38. The third-order valence-electron chi connectivity index (χ3n) is 4.48. The van der Waals surface area contributed by atoms with E-state index < -0.39 is 0 Å². The Labute approximate surface area is 179 Å². The van der Waals surface area contributed by atoms with Crippen molar-refractivity contribution in [2.24, 2.45) is 0 Å². The van der Waals surface area contributed by atoms with Crippen molar-refractivity contribution in [3.05, 3.63) is 101 Å². The summed E-state index contributed by atoms with van der Waals surface area (Å²) in [6.07, 6.45) is 0. The average molecular weight is 416 g/mol. The Hall–Kier alpha value is -3.75. The molecule has 0 fully saturated rings. The SMILES string of the molecule is N#Cc1nc(-c2ccc(OCc3ccccc3Cl)cc2)oc1NCc1ccccc1. The molecule has 6 heteroatoms. The molecule has 0 saturated carbocycles. The zero-order valence-electron chi connectivity index (χ0n) is 16.0. The van der Waals surface area contributed by atoms with Crippen LogP contribution < -0.4 is 10.1 Å². The Kier molecular flexibility index (Phi) is 5.98. The number of ether oxygens (including phenoxy) is 1. The monoisotopic (exact) mass is 415 g/mol. The van der Waals surface area contributed by atoms with Crippen molar-refractivity contribution < 1.29 is 9.15 Å². The Bertz CT molecular complexity index is 1170. The van der Waals surface area contributed by atoms with Gasteiger partial charge in [0.2, 0.25) is 17.5 Å². The maximum atomic E-state index is 9.38. The fraction of sp³-hybridized carbons (Fsp3) is 0.0833. The number of benzene rings is 3. The summed E-state index contributed by atoms with van der Waals surface area (Å²) in [7, 11) is 0. The fourth-order valence-corrected chi connectivity index (χ4v) is 3.08. The van der Waals surface area contributed by atoms with Crippen LogP contribution in [0.25, 0.3) is 11.5 Å². The van der Waals surface area contributed by atoms with Crippen molar-refractivity contribution in [2.45, 2.75) is 13.2 Å². The van der Waals surface area contributed by atoms with Crippen LogP contribution in [-0.4, -0.2) is 4.98 Å². The molecule has 0 unspecified atom stereocenters. The van der Waals surface area contributed by atoms with Gasteiger partial charge in [0.25, 0.3) is 0 Å². The highest BCUT2D eigenvalue weighted by molar-refractivity contribution is 6.31. The van der Waals surface area contributed by atoms with Crippen LogP contribution in [-0.2, 0) is 13.2 Å². The summed E-state index contributed by atoms with van der Waals surface area (Å²) in [6, 6.07) is 26.9. The fourth-order valence-electron chi connectivity index (χ4n) is 2.89. The van der Waals surface area contributed by atoms with E-state index in [1.165, 1.54) is 0 Å². The van der Waals surface area contributed by atoms with Crippen molar-refractivity contribution in [1.82, 2.24) is 4.98 Å². The van der Waals surface area contributed by atoms with Gasteiger partial charge in [0.15, 0.2) is 0 Å². The second kappa shape index (κ2) is 9.17. The Balaban J connectivity index is 1.44. The van der Waals surface area contributed by atoms with Crippen LogP contribution in [0.1, 0.15) is 16.8 Å². The van der Waals surface area contributed by atoms with E-state index in [0.717, 1.165) is 16.7 Å². The van der Waals surface area contributed by atoms with Gasteiger partial charge in [0.05, 0.1) is 0 Å². The highest BCUT2D eigenvalue weighted by Crippen LogP contribution is 2.27. The van der Waals surface area contributed by atoms with Gasteiger partial charge < -0.3 is 14.5 Å². The van der Waals surface area contributed by atoms with Gasteiger partial charge in [0.1, 0.15) is 18.4 Å². The molecule has 4 rings (SSSR count). The van der Waals surface area contributed by atoms with E-state index in [1.54, 1.807) is 0 Å². The molecule has 0 spiro atoms. The number of anilines is 1. The molecule has 148 valence electrons. The number of nitriles is 1. The summed E-state index contributed by atoms with van der Waals surface area (Å²) in [4.78, 5) is 4.30. The van der Waals surface area contributed by atoms with Crippen LogP contribution >= 0.6 is 11.6 Å². The summed E-state index contributed by atoms with van der Waals surface area (Å²) in [5.41, 5.74) is 2.98. The molecule has 30 heavy (non-hydrogen) atoms. The molecule has 0 saturated heterocycles. The zero-order chi connectivity index (χ0) is 20.8. The number of halogens is 1. The minimum Gasteiger partial charge on any atom is -0.489 e. The molecule has 0 amide bonds. The van der Waals surface area contributed by atoms with Gasteiger partial charge in [-0.1, -0.05) is 60.1 Å². The van der Waals surface area contributed by atoms with E-state index in [0.29, 0.717) is 35.7 Å². The molecule has 0 radical (unpaired) electrons. The Morgan fingerprint density at radius 3 is 2.43 bits per heavy atom. The number of hydrogen-bond donors (Lipinski definition) is 1. The lowest BCUT2D eigenvalue weighted by atomic mass is 10.2. The molecule has 0 aliphatic heterocycles. The summed E-state index contributed by atoms with van der Waals surface area (Å²) in [5, 5.41) is 13.2. The van der Waals surface area contributed by atoms with Crippen molar-refractivity contribution in [2.75, 3.05) is 5.32 Å². The predicted octanol–water partition coefficient (Wildman–Crippen LogP) is 6.06. The summed E-state index contributed by atoms with van der Waals surface area (Å²) >= 11 is 6.16. The number of oxazole rings is 1. The lowest BCUT2D eigenvalue weighted by molar-refractivity contribution is 0.306.